The minimum Gasteiger partial charge on any atom is -0.508 e. The van der Waals surface area contributed by atoms with E-state index in [1.165, 1.54) is 0 Å². The molecule has 20 heavy (non-hydrogen) atoms. The van der Waals surface area contributed by atoms with Gasteiger partial charge in [0.25, 0.3) is 0 Å². The summed E-state index contributed by atoms with van der Waals surface area (Å²) in [6.07, 6.45) is 0. The van der Waals surface area contributed by atoms with E-state index in [2.05, 4.69) is 10.6 Å². The first-order chi connectivity index (χ1) is 9.63. The second-order valence-corrected chi connectivity index (χ2v) is 4.76. The van der Waals surface area contributed by atoms with Crippen LogP contribution in [0.25, 0.3) is 0 Å². The summed E-state index contributed by atoms with van der Waals surface area (Å²) < 4.78 is 0. The Morgan fingerprint density at radius 1 is 1.05 bits per heavy atom. The van der Waals surface area contributed by atoms with Gasteiger partial charge in [0, 0.05) is 17.3 Å². The van der Waals surface area contributed by atoms with Gasteiger partial charge in [-0.25, -0.2) is 0 Å². The molecule has 1 amide bonds. The summed E-state index contributed by atoms with van der Waals surface area (Å²) in [6, 6.07) is 13.8. The van der Waals surface area contributed by atoms with Gasteiger partial charge < -0.3 is 15.7 Å². The summed E-state index contributed by atoms with van der Waals surface area (Å²) in [7, 11) is 0. The first-order valence-electron chi connectivity index (χ1n) is 6.17. The van der Waals surface area contributed by atoms with Gasteiger partial charge in [-0.2, -0.15) is 0 Å². The van der Waals surface area contributed by atoms with Gasteiger partial charge in [0.05, 0.1) is 6.54 Å². The summed E-state index contributed by atoms with van der Waals surface area (Å²) in [5.74, 6) is 0.111. The van der Waals surface area contributed by atoms with Crippen molar-refractivity contribution in [1.82, 2.24) is 5.32 Å². The molecule has 0 saturated carbocycles. The number of hydrogen-bond acceptors (Lipinski definition) is 3. The smallest absolute Gasteiger partial charge is 0.238 e. The van der Waals surface area contributed by atoms with E-state index < -0.39 is 0 Å². The number of aromatic hydroxyl groups is 1. The molecule has 0 bridgehead atoms. The Kier molecular flexibility index (Phi) is 4.98. The monoisotopic (exact) mass is 290 g/mol. The molecule has 0 aliphatic heterocycles. The zero-order valence-corrected chi connectivity index (χ0v) is 11.5. The summed E-state index contributed by atoms with van der Waals surface area (Å²) in [5, 5.41) is 15.6. The van der Waals surface area contributed by atoms with E-state index in [0.29, 0.717) is 17.3 Å². The van der Waals surface area contributed by atoms with E-state index in [1.807, 2.05) is 0 Å². The maximum Gasteiger partial charge on any atom is 0.238 e. The van der Waals surface area contributed by atoms with Gasteiger partial charge in [-0.15, -0.1) is 0 Å². The number of anilines is 1. The van der Waals surface area contributed by atoms with E-state index in [-0.39, 0.29) is 18.2 Å². The molecule has 0 fully saturated rings. The molecule has 2 aromatic rings. The Morgan fingerprint density at radius 3 is 2.35 bits per heavy atom. The number of carbonyl (C=O) groups is 1. The number of phenolic OH excluding ortho intramolecular Hbond substituents is 1. The van der Waals surface area contributed by atoms with Gasteiger partial charge in [0.2, 0.25) is 5.91 Å². The van der Waals surface area contributed by atoms with Crippen molar-refractivity contribution in [2.24, 2.45) is 0 Å². The van der Waals surface area contributed by atoms with Gasteiger partial charge in [-0.1, -0.05) is 23.7 Å². The number of phenols is 1. The van der Waals surface area contributed by atoms with Crippen LogP contribution in [-0.4, -0.2) is 17.6 Å². The Hall–Kier alpha value is -2.04. The van der Waals surface area contributed by atoms with E-state index in [1.54, 1.807) is 48.5 Å². The fourth-order valence-corrected chi connectivity index (χ4v) is 1.80. The minimum atomic E-state index is -0.119. The average Bonchev–Trinajstić information content (AvgIpc) is 2.44. The molecule has 0 spiro atoms. The molecular weight excluding hydrogens is 276 g/mol. The number of benzene rings is 2. The molecule has 0 saturated heterocycles. The Bertz CT molecular complexity index is 567. The first-order valence-corrected chi connectivity index (χ1v) is 6.55. The highest BCUT2D eigenvalue weighted by molar-refractivity contribution is 6.30. The van der Waals surface area contributed by atoms with Crippen LogP contribution in [0.5, 0.6) is 5.75 Å². The van der Waals surface area contributed by atoms with Crippen LogP contribution in [0.3, 0.4) is 0 Å². The number of nitrogens with one attached hydrogen (secondary N) is 2. The fraction of sp³-hybridized carbons (Fsp3) is 0.133. The lowest BCUT2D eigenvalue weighted by Gasteiger charge is -2.07. The molecule has 2 aromatic carbocycles. The Labute approximate surface area is 122 Å². The van der Waals surface area contributed by atoms with Crippen LogP contribution < -0.4 is 10.6 Å². The zero-order chi connectivity index (χ0) is 14.4. The second kappa shape index (κ2) is 6.93. The molecule has 4 nitrogen and oxygen atoms in total. The fourth-order valence-electron chi connectivity index (χ4n) is 1.67. The van der Waals surface area contributed by atoms with Crippen LogP contribution in [0.2, 0.25) is 5.02 Å². The molecule has 2 rings (SSSR count). The normalized spacial score (nSPS) is 10.2. The van der Waals surface area contributed by atoms with Crippen molar-refractivity contribution in [3.8, 4) is 5.75 Å². The SMILES string of the molecule is O=C(CNCc1ccc(O)cc1)Nc1ccc(Cl)cc1. The largest absolute Gasteiger partial charge is 0.508 e. The maximum absolute atomic E-state index is 11.7. The number of amides is 1. The predicted molar refractivity (Wildman–Crippen MR) is 79.9 cm³/mol. The quantitative estimate of drug-likeness (QED) is 0.793. The summed E-state index contributed by atoms with van der Waals surface area (Å²) in [6.45, 7) is 0.776. The molecule has 0 aliphatic carbocycles. The zero-order valence-electron chi connectivity index (χ0n) is 10.8. The highest BCUT2D eigenvalue weighted by Crippen LogP contribution is 2.13. The summed E-state index contributed by atoms with van der Waals surface area (Å²) >= 11 is 5.77. The lowest BCUT2D eigenvalue weighted by atomic mass is 10.2. The van der Waals surface area contributed by atoms with Crippen LogP contribution in [0, 0.1) is 0 Å². The van der Waals surface area contributed by atoms with Gasteiger partial charge >= 0.3 is 0 Å². The Morgan fingerprint density at radius 2 is 1.70 bits per heavy atom. The third-order valence-corrected chi connectivity index (χ3v) is 2.93. The van der Waals surface area contributed by atoms with Crippen LogP contribution >= 0.6 is 11.6 Å². The van der Waals surface area contributed by atoms with Crippen LogP contribution in [0.4, 0.5) is 5.69 Å². The van der Waals surface area contributed by atoms with Gasteiger partial charge in [0.15, 0.2) is 0 Å². The van der Waals surface area contributed by atoms with Crippen molar-refractivity contribution in [2.75, 3.05) is 11.9 Å². The van der Waals surface area contributed by atoms with Crippen molar-refractivity contribution >= 4 is 23.2 Å². The molecule has 0 unspecified atom stereocenters. The number of halogens is 1. The lowest BCUT2D eigenvalue weighted by molar-refractivity contribution is -0.115. The molecule has 3 N–H and O–H groups in total. The average molecular weight is 291 g/mol. The maximum atomic E-state index is 11.7. The van der Waals surface area contributed by atoms with Crippen molar-refractivity contribution in [3.63, 3.8) is 0 Å². The molecule has 0 radical (unpaired) electrons. The topological polar surface area (TPSA) is 61.4 Å². The number of hydrogen-bond donors (Lipinski definition) is 3. The van der Waals surface area contributed by atoms with Crippen LogP contribution in [0.15, 0.2) is 48.5 Å². The van der Waals surface area contributed by atoms with Crippen LogP contribution in [-0.2, 0) is 11.3 Å². The molecule has 0 aliphatic rings. The van der Waals surface area contributed by atoms with Crippen molar-refractivity contribution < 1.29 is 9.90 Å². The van der Waals surface area contributed by atoms with Crippen molar-refractivity contribution in [3.05, 3.63) is 59.1 Å². The third kappa shape index (κ3) is 4.57. The van der Waals surface area contributed by atoms with Crippen LogP contribution in [0.1, 0.15) is 5.56 Å². The third-order valence-electron chi connectivity index (χ3n) is 2.68. The highest BCUT2D eigenvalue weighted by atomic mass is 35.5. The van der Waals surface area contributed by atoms with E-state index in [9.17, 15) is 4.79 Å². The minimum absolute atomic E-state index is 0.119. The number of carbonyl (C=O) groups excluding carboxylic acids is 1. The lowest BCUT2D eigenvalue weighted by Crippen LogP contribution is -2.27. The summed E-state index contributed by atoms with van der Waals surface area (Å²) in [5.41, 5.74) is 1.72. The molecular formula is C15H15ClN2O2. The van der Waals surface area contributed by atoms with E-state index in [4.69, 9.17) is 16.7 Å². The molecule has 0 heterocycles. The molecule has 104 valence electrons. The van der Waals surface area contributed by atoms with E-state index >= 15 is 0 Å². The predicted octanol–water partition coefficient (Wildman–Crippen LogP) is 2.77. The second-order valence-electron chi connectivity index (χ2n) is 4.33. The number of rotatable bonds is 5. The molecule has 0 aromatic heterocycles. The van der Waals surface area contributed by atoms with Gasteiger partial charge in [-0.3, -0.25) is 4.79 Å². The Balaban J connectivity index is 1.75. The van der Waals surface area contributed by atoms with E-state index in [0.717, 1.165) is 5.56 Å². The first kappa shape index (κ1) is 14.4. The van der Waals surface area contributed by atoms with Gasteiger partial charge in [0.1, 0.15) is 5.75 Å². The van der Waals surface area contributed by atoms with Crippen molar-refractivity contribution in [1.29, 1.82) is 0 Å². The van der Waals surface area contributed by atoms with Crippen molar-refractivity contribution in [2.45, 2.75) is 6.54 Å². The molecule has 0 atom stereocenters. The highest BCUT2D eigenvalue weighted by Gasteiger charge is 2.02. The standard InChI is InChI=1S/C15H15ClN2O2/c16-12-3-5-13(6-4-12)18-15(20)10-17-9-11-1-7-14(19)8-2-11/h1-8,17,19H,9-10H2,(H,18,20). The summed E-state index contributed by atoms with van der Waals surface area (Å²) in [4.78, 5) is 11.7. The molecule has 5 heteroatoms. The van der Waals surface area contributed by atoms with Gasteiger partial charge in [-0.05, 0) is 42.0 Å².